The van der Waals surface area contributed by atoms with Gasteiger partial charge in [-0.25, -0.2) is 8.42 Å². The quantitative estimate of drug-likeness (QED) is 0.800. The normalized spacial score (nSPS) is 21.8. The van der Waals surface area contributed by atoms with E-state index in [-0.39, 0.29) is 23.5 Å². The Labute approximate surface area is 153 Å². The van der Waals surface area contributed by atoms with Crippen LogP contribution >= 0.6 is 0 Å². The van der Waals surface area contributed by atoms with Crippen molar-refractivity contribution in [2.75, 3.05) is 33.0 Å². The third-order valence-electron chi connectivity index (χ3n) is 5.49. The molecule has 3 aliphatic rings. The van der Waals surface area contributed by atoms with Gasteiger partial charge in [0, 0.05) is 38.2 Å². The van der Waals surface area contributed by atoms with Gasteiger partial charge in [-0.1, -0.05) is 19.3 Å². The van der Waals surface area contributed by atoms with Crippen molar-refractivity contribution >= 4 is 15.9 Å². The van der Waals surface area contributed by atoms with E-state index >= 15 is 0 Å². The van der Waals surface area contributed by atoms with Gasteiger partial charge < -0.3 is 14.4 Å². The summed E-state index contributed by atoms with van der Waals surface area (Å²) in [6, 6.07) is 4.68. The van der Waals surface area contributed by atoms with Gasteiger partial charge in [0.25, 0.3) is 0 Å². The molecule has 7 nitrogen and oxygen atoms in total. The lowest BCUT2D eigenvalue weighted by Gasteiger charge is -2.36. The fourth-order valence-corrected chi connectivity index (χ4v) is 5.38. The average Bonchev–Trinajstić information content (AvgIpc) is 3.16. The molecule has 0 atom stereocenters. The molecule has 2 heterocycles. The largest absolute Gasteiger partial charge is 0.454 e. The van der Waals surface area contributed by atoms with Crippen LogP contribution in [0.2, 0.25) is 0 Å². The summed E-state index contributed by atoms with van der Waals surface area (Å²) in [4.78, 5) is 14.7. The summed E-state index contributed by atoms with van der Waals surface area (Å²) in [5, 5.41) is 0. The molecule has 1 aromatic carbocycles. The minimum atomic E-state index is -3.60. The van der Waals surface area contributed by atoms with E-state index < -0.39 is 10.0 Å². The summed E-state index contributed by atoms with van der Waals surface area (Å²) in [6.45, 7) is 1.68. The molecule has 1 aromatic rings. The minimum Gasteiger partial charge on any atom is -0.454 e. The third kappa shape index (κ3) is 3.27. The van der Waals surface area contributed by atoms with Gasteiger partial charge in [0.05, 0.1) is 4.90 Å². The topological polar surface area (TPSA) is 76.2 Å². The number of amides is 1. The molecule has 0 unspecified atom stereocenters. The van der Waals surface area contributed by atoms with Crippen molar-refractivity contribution in [3.63, 3.8) is 0 Å². The molecular weight excluding hydrogens is 356 g/mol. The molecule has 1 amide bonds. The van der Waals surface area contributed by atoms with Crippen LogP contribution < -0.4 is 9.47 Å². The summed E-state index contributed by atoms with van der Waals surface area (Å²) < 4.78 is 37.8. The summed E-state index contributed by atoms with van der Waals surface area (Å²) in [7, 11) is -3.60. The second-order valence-corrected chi connectivity index (χ2v) is 9.02. The highest BCUT2D eigenvalue weighted by atomic mass is 32.2. The van der Waals surface area contributed by atoms with Crippen molar-refractivity contribution < 1.29 is 22.7 Å². The highest BCUT2D eigenvalue weighted by Crippen LogP contribution is 2.35. The average molecular weight is 380 g/mol. The molecule has 26 heavy (non-hydrogen) atoms. The molecule has 1 saturated heterocycles. The zero-order valence-corrected chi connectivity index (χ0v) is 15.5. The van der Waals surface area contributed by atoms with Crippen molar-refractivity contribution in [3.05, 3.63) is 18.2 Å². The Morgan fingerprint density at radius 2 is 1.65 bits per heavy atom. The number of ether oxygens (including phenoxy) is 2. The van der Waals surface area contributed by atoms with Crippen LogP contribution in [-0.2, 0) is 14.8 Å². The van der Waals surface area contributed by atoms with Gasteiger partial charge in [-0.15, -0.1) is 0 Å². The van der Waals surface area contributed by atoms with Gasteiger partial charge in [0.1, 0.15) is 0 Å². The zero-order valence-electron chi connectivity index (χ0n) is 14.7. The Morgan fingerprint density at radius 1 is 0.962 bits per heavy atom. The molecule has 4 rings (SSSR count). The van der Waals surface area contributed by atoms with Crippen LogP contribution in [0.3, 0.4) is 0 Å². The Morgan fingerprint density at radius 3 is 2.38 bits per heavy atom. The minimum absolute atomic E-state index is 0.112. The first-order chi connectivity index (χ1) is 12.6. The Kier molecular flexibility index (Phi) is 4.79. The van der Waals surface area contributed by atoms with Gasteiger partial charge in [0.15, 0.2) is 11.5 Å². The molecule has 0 aromatic heterocycles. The third-order valence-corrected chi connectivity index (χ3v) is 7.38. The van der Waals surface area contributed by atoms with E-state index in [0.717, 1.165) is 25.7 Å². The standard InChI is InChI=1S/C18H24N2O5S/c21-18(14-4-2-1-3-5-14)19-8-10-20(11-9-19)26(22,23)15-6-7-16-17(12-15)25-13-24-16/h6-7,12,14H,1-5,8-11,13H2. The lowest BCUT2D eigenvalue weighted by atomic mass is 9.88. The molecule has 8 heteroatoms. The molecule has 2 fully saturated rings. The maximum atomic E-state index is 12.9. The number of carbonyl (C=O) groups is 1. The molecular formula is C18H24N2O5S. The summed E-state index contributed by atoms with van der Waals surface area (Å²) in [5.74, 6) is 1.34. The first-order valence-corrected chi connectivity index (χ1v) is 10.7. The summed E-state index contributed by atoms with van der Waals surface area (Å²) in [6.07, 6.45) is 5.39. The number of piperazine rings is 1. The van der Waals surface area contributed by atoms with E-state index in [4.69, 9.17) is 9.47 Å². The predicted molar refractivity (Wildman–Crippen MR) is 94.5 cm³/mol. The molecule has 142 valence electrons. The van der Waals surface area contributed by atoms with Crippen molar-refractivity contribution in [1.29, 1.82) is 0 Å². The van der Waals surface area contributed by atoms with Crippen molar-refractivity contribution in [1.82, 2.24) is 9.21 Å². The lowest BCUT2D eigenvalue weighted by molar-refractivity contribution is -0.137. The summed E-state index contributed by atoms with van der Waals surface area (Å²) in [5.41, 5.74) is 0. The number of benzene rings is 1. The first-order valence-electron chi connectivity index (χ1n) is 9.24. The van der Waals surface area contributed by atoms with Crippen LogP contribution in [0.1, 0.15) is 32.1 Å². The first kappa shape index (κ1) is 17.6. The number of rotatable bonds is 3. The van der Waals surface area contributed by atoms with Crippen molar-refractivity contribution in [2.45, 2.75) is 37.0 Å². The highest BCUT2D eigenvalue weighted by molar-refractivity contribution is 7.89. The van der Waals surface area contributed by atoms with Crippen molar-refractivity contribution in [2.24, 2.45) is 5.92 Å². The summed E-state index contributed by atoms with van der Waals surface area (Å²) >= 11 is 0. The fraction of sp³-hybridized carbons (Fsp3) is 0.611. The number of hydrogen-bond acceptors (Lipinski definition) is 5. The van der Waals surface area contributed by atoms with E-state index in [1.54, 1.807) is 12.1 Å². The van der Waals surface area contributed by atoms with Gasteiger partial charge in [-0.3, -0.25) is 4.79 Å². The molecule has 1 saturated carbocycles. The Bertz CT molecular complexity index is 781. The monoisotopic (exact) mass is 380 g/mol. The molecule has 0 N–H and O–H groups in total. The Hall–Kier alpha value is -1.80. The maximum absolute atomic E-state index is 12.9. The van der Waals surface area contributed by atoms with Crippen LogP contribution in [-0.4, -0.2) is 56.5 Å². The van der Waals surface area contributed by atoms with E-state index in [1.165, 1.54) is 16.8 Å². The molecule has 1 aliphatic carbocycles. The second kappa shape index (κ2) is 7.08. The lowest BCUT2D eigenvalue weighted by Crippen LogP contribution is -2.52. The zero-order chi connectivity index (χ0) is 18.1. The van der Waals surface area contributed by atoms with Gasteiger partial charge >= 0.3 is 0 Å². The number of fused-ring (bicyclic) bond motifs is 1. The van der Waals surface area contributed by atoms with E-state index in [0.29, 0.717) is 37.7 Å². The van der Waals surface area contributed by atoms with Crippen LogP contribution in [0, 0.1) is 5.92 Å². The van der Waals surface area contributed by atoms with E-state index in [2.05, 4.69) is 0 Å². The maximum Gasteiger partial charge on any atom is 0.243 e. The number of hydrogen-bond donors (Lipinski definition) is 0. The molecule has 0 spiro atoms. The van der Waals surface area contributed by atoms with E-state index in [1.807, 2.05) is 4.90 Å². The Balaban J connectivity index is 1.41. The van der Waals surface area contributed by atoms with Crippen molar-refractivity contribution in [3.8, 4) is 11.5 Å². The van der Waals surface area contributed by atoms with Crippen LogP contribution in [0.15, 0.2) is 23.1 Å². The fourth-order valence-electron chi connectivity index (χ4n) is 3.94. The van der Waals surface area contributed by atoms with Crippen LogP contribution in [0.5, 0.6) is 11.5 Å². The molecule has 2 aliphatic heterocycles. The van der Waals surface area contributed by atoms with Gasteiger partial charge in [-0.05, 0) is 25.0 Å². The molecule has 0 radical (unpaired) electrons. The molecule has 0 bridgehead atoms. The van der Waals surface area contributed by atoms with Crippen LogP contribution in [0.25, 0.3) is 0 Å². The predicted octanol–water partition coefficient (Wildman–Crippen LogP) is 1.83. The number of carbonyl (C=O) groups excluding carboxylic acids is 1. The number of sulfonamides is 1. The smallest absolute Gasteiger partial charge is 0.243 e. The van der Waals surface area contributed by atoms with E-state index in [9.17, 15) is 13.2 Å². The van der Waals surface area contributed by atoms with Gasteiger partial charge in [0.2, 0.25) is 22.7 Å². The van der Waals surface area contributed by atoms with Gasteiger partial charge in [-0.2, -0.15) is 4.31 Å². The van der Waals surface area contributed by atoms with Crippen LogP contribution in [0.4, 0.5) is 0 Å². The SMILES string of the molecule is O=C(C1CCCCC1)N1CCN(S(=O)(=O)c2ccc3c(c2)OCO3)CC1. The highest BCUT2D eigenvalue weighted by Gasteiger charge is 2.33. The number of nitrogens with zero attached hydrogens (tertiary/aromatic N) is 2. The second-order valence-electron chi connectivity index (χ2n) is 7.08.